The largest absolute Gasteiger partial charge is 0.493 e. The first-order valence-electron chi connectivity index (χ1n) is 9.83. The molecule has 0 amide bonds. The molecule has 0 spiro atoms. The Morgan fingerprint density at radius 3 is 2.57 bits per heavy atom. The molecule has 160 valence electrons. The van der Waals surface area contributed by atoms with Crippen molar-refractivity contribution in [1.29, 1.82) is 0 Å². The number of benzene rings is 2. The molecule has 0 aliphatic carbocycles. The van der Waals surface area contributed by atoms with Gasteiger partial charge in [0.15, 0.2) is 11.5 Å². The van der Waals surface area contributed by atoms with Crippen LogP contribution in [0.1, 0.15) is 46.3 Å². The van der Waals surface area contributed by atoms with Crippen LogP contribution in [0.15, 0.2) is 41.4 Å². The van der Waals surface area contributed by atoms with Crippen molar-refractivity contribution in [2.24, 2.45) is 4.99 Å². The van der Waals surface area contributed by atoms with Gasteiger partial charge in [-0.1, -0.05) is 12.1 Å². The third-order valence-corrected chi connectivity index (χ3v) is 7.42. The van der Waals surface area contributed by atoms with Crippen LogP contribution in [0.25, 0.3) is 0 Å². The average molecular weight is 432 g/mol. The van der Waals surface area contributed by atoms with E-state index in [0.717, 1.165) is 22.4 Å². The van der Waals surface area contributed by atoms with Crippen LogP contribution < -0.4 is 9.47 Å². The molecule has 3 N–H and O–H groups in total. The fourth-order valence-electron chi connectivity index (χ4n) is 4.20. The van der Waals surface area contributed by atoms with Crippen molar-refractivity contribution in [3.05, 3.63) is 58.7 Å². The Balaban J connectivity index is 1.86. The quantitative estimate of drug-likeness (QED) is 0.653. The number of aromatic carboxylic acids is 1. The third-order valence-electron chi connectivity index (χ3n) is 5.64. The van der Waals surface area contributed by atoms with Gasteiger partial charge in [0, 0.05) is 28.6 Å². The number of aliphatic imine (C=N–C) groups is 1. The van der Waals surface area contributed by atoms with Crippen LogP contribution in [0.5, 0.6) is 11.5 Å². The number of carbonyl (C=O) groups is 1. The molecule has 2 aromatic rings. The van der Waals surface area contributed by atoms with Crippen LogP contribution in [0, 0.1) is 0 Å². The molecule has 0 bridgehead atoms. The van der Waals surface area contributed by atoms with Crippen LogP contribution >= 0.6 is 10.6 Å². The topological polar surface area (TPSA) is 109 Å². The molecule has 2 heterocycles. The molecule has 2 atom stereocenters. The number of hydrogen-bond donors (Lipinski definition) is 3. The van der Waals surface area contributed by atoms with Crippen molar-refractivity contribution in [3.8, 4) is 11.5 Å². The zero-order valence-corrected chi connectivity index (χ0v) is 17.7. The van der Waals surface area contributed by atoms with Crippen LogP contribution in [0.4, 0.5) is 0 Å². The van der Waals surface area contributed by atoms with E-state index in [1.807, 2.05) is 19.1 Å². The van der Waals surface area contributed by atoms with Gasteiger partial charge in [-0.2, -0.15) is 10.6 Å². The summed E-state index contributed by atoms with van der Waals surface area (Å²) < 4.78 is 32.0. The minimum absolute atomic E-state index is 0.0746. The first kappa shape index (κ1) is 20.7. The fourth-order valence-corrected chi connectivity index (χ4v) is 5.96. The molecule has 0 radical (unpaired) electrons. The number of fused-ring (bicyclic) bond motifs is 3. The number of nitrogens with zero attached hydrogens (tertiary/aromatic N) is 1. The van der Waals surface area contributed by atoms with Gasteiger partial charge in [-0.25, -0.2) is 4.79 Å². The van der Waals surface area contributed by atoms with Gasteiger partial charge in [0.05, 0.1) is 31.0 Å². The highest BCUT2D eigenvalue weighted by atomic mass is 32.3. The zero-order chi connectivity index (χ0) is 21.5. The molecule has 1 fully saturated rings. The number of ether oxygens (including phenoxy) is 2. The number of rotatable bonds is 5. The van der Waals surface area contributed by atoms with Crippen molar-refractivity contribution in [1.82, 2.24) is 0 Å². The minimum atomic E-state index is -2.64. The van der Waals surface area contributed by atoms with E-state index >= 15 is 0 Å². The third kappa shape index (κ3) is 3.78. The van der Waals surface area contributed by atoms with Gasteiger partial charge in [0.2, 0.25) is 0 Å². The summed E-state index contributed by atoms with van der Waals surface area (Å²) in [7, 11) is -1.07. The summed E-state index contributed by atoms with van der Waals surface area (Å²) in [5.41, 5.74) is 3.57. The Morgan fingerprint density at radius 1 is 1.20 bits per heavy atom. The molecular formula is C22H25NO6S. The zero-order valence-electron chi connectivity index (χ0n) is 16.9. The average Bonchev–Trinajstić information content (AvgIpc) is 2.73. The molecule has 0 aromatic heterocycles. The highest BCUT2D eigenvalue weighted by Gasteiger charge is 2.39. The molecule has 4 rings (SSSR count). The van der Waals surface area contributed by atoms with E-state index in [1.54, 1.807) is 31.4 Å². The Bertz CT molecular complexity index is 1000. The summed E-state index contributed by atoms with van der Waals surface area (Å²) >= 11 is 0. The van der Waals surface area contributed by atoms with Crippen LogP contribution in [-0.2, 0) is 0 Å². The Morgan fingerprint density at radius 2 is 1.93 bits per heavy atom. The smallest absolute Gasteiger partial charge is 0.335 e. The van der Waals surface area contributed by atoms with Gasteiger partial charge in [-0.15, -0.1) is 0 Å². The van der Waals surface area contributed by atoms with Gasteiger partial charge in [-0.05, 0) is 43.2 Å². The predicted octanol–water partition coefficient (Wildman–Crippen LogP) is 4.25. The Kier molecular flexibility index (Phi) is 5.48. The maximum Gasteiger partial charge on any atom is 0.335 e. The van der Waals surface area contributed by atoms with Gasteiger partial charge < -0.3 is 14.6 Å². The van der Waals surface area contributed by atoms with E-state index in [-0.39, 0.29) is 23.3 Å². The van der Waals surface area contributed by atoms with Crippen molar-refractivity contribution in [2.45, 2.75) is 25.3 Å². The van der Waals surface area contributed by atoms with Gasteiger partial charge in [-0.3, -0.25) is 14.1 Å². The summed E-state index contributed by atoms with van der Waals surface area (Å²) in [6.45, 7) is 2.38. The molecule has 2 aliphatic heterocycles. The lowest BCUT2D eigenvalue weighted by atomic mass is 9.81. The van der Waals surface area contributed by atoms with E-state index in [2.05, 4.69) is 0 Å². The summed E-state index contributed by atoms with van der Waals surface area (Å²) in [5.74, 6) is 0.705. The lowest BCUT2D eigenvalue weighted by Gasteiger charge is -2.45. The molecule has 8 heteroatoms. The predicted molar refractivity (Wildman–Crippen MR) is 117 cm³/mol. The van der Waals surface area contributed by atoms with Crippen LogP contribution in [-0.4, -0.2) is 57.2 Å². The summed E-state index contributed by atoms with van der Waals surface area (Å²) in [6.07, 6.45) is 0.582. The van der Waals surface area contributed by atoms with Crippen molar-refractivity contribution < 1.29 is 28.5 Å². The lowest BCUT2D eigenvalue weighted by Crippen LogP contribution is -2.36. The second kappa shape index (κ2) is 7.94. The van der Waals surface area contributed by atoms with Gasteiger partial charge in [0.1, 0.15) is 0 Å². The van der Waals surface area contributed by atoms with Crippen molar-refractivity contribution in [3.63, 3.8) is 0 Å². The van der Waals surface area contributed by atoms with Crippen molar-refractivity contribution >= 4 is 22.3 Å². The summed E-state index contributed by atoms with van der Waals surface area (Å²) in [6, 6.07) is 10.4. The molecule has 1 saturated heterocycles. The highest BCUT2D eigenvalue weighted by Crippen LogP contribution is 2.53. The fraction of sp³-hybridized carbons (Fsp3) is 0.364. The van der Waals surface area contributed by atoms with E-state index in [0.29, 0.717) is 30.3 Å². The van der Waals surface area contributed by atoms with Crippen LogP contribution in [0.2, 0.25) is 0 Å². The summed E-state index contributed by atoms with van der Waals surface area (Å²) in [5, 5.41) is 9.19. The van der Waals surface area contributed by atoms with E-state index < -0.39 is 16.6 Å². The lowest BCUT2D eigenvalue weighted by molar-refractivity contribution is 0.0697. The maximum absolute atomic E-state index is 11.2. The number of hydrogen-bond acceptors (Lipinski definition) is 6. The molecular weight excluding hydrogens is 406 g/mol. The van der Waals surface area contributed by atoms with Gasteiger partial charge >= 0.3 is 5.97 Å². The Labute approximate surface area is 176 Å². The van der Waals surface area contributed by atoms with Gasteiger partial charge in [0.25, 0.3) is 0 Å². The van der Waals surface area contributed by atoms with E-state index in [1.165, 1.54) is 0 Å². The molecule has 7 nitrogen and oxygen atoms in total. The SMILES string of the molecule is CCOc1cc2c(cc1OC)C(c1ccc(C(=O)O)cc1)=N[C@@H]1CCS(O)(O)C[C@H]21. The van der Waals surface area contributed by atoms with Crippen molar-refractivity contribution in [2.75, 3.05) is 25.2 Å². The summed E-state index contributed by atoms with van der Waals surface area (Å²) in [4.78, 5) is 16.2. The van der Waals surface area contributed by atoms with E-state index in [9.17, 15) is 19.0 Å². The second-order valence-corrected chi connectivity index (χ2v) is 9.86. The second-order valence-electron chi connectivity index (χ2n) is 7.52. The maximum atomic E-state index is 11.2. The normalized spacial score (nSPS) is 22.9. The highest BCUT2D eigenvalue weighted by molar-refractivity contribution is 8.24. The molecule has 0 unspecified atom stereocenters. The first-order valence-corrected chi connectivity index (χ1v) is 11.7. The number of carboxylic acid groups (broad SMARTS) is 1. The minimum Gasteiger partial charge on any atom is -0.493 e. The molecule has 2 aliphatic rings. The number of methoxy groups -OCH3 is 1. The van der Waals surface area contributed by atoms with E-state index in [4.69, 9.17) is 14.5 Å². The standard InChI is InChI=1S/C22H25NO6S/c1-3-29-20-10-15-16(11-19(20)28-2)21(13-4-6-14(7-5-13)22(24)25)23-18-8-9-30(26,27)12-17(15)18/h4-7,10-11,17-18,26-27H,3,8-9,12H2,1-2H3,(H,24,25)/t17-,18-/m1/s1. The Hall–Kier alpha value is -2.55. The monoisotopic (exact) mass is 431 g/mol. The molecule has 30 heavy (non-hydrogen) atoms. The number of carboxylic acids is 1. The first-order chi connectivity index (χ1) is 14.3. The van der Waals surface area contributed by atoms with Crippen LogP contribution in [0.3, 0.4) is 0 Å². The molecule has 0 saturated carbocycles. The molecule has 2 aromatic carbocycles.